The minimum absolute atomic E-state index is 0.0195. The van der Waals surface area contributed by atoms with Crippen LogP contribution in [-0.4, -0.2) is 35.7 Å². The second kappa shape index (κ2) is 10.9. The van der Waals surface area contributed by atoms with Gasteiger partial charge in [0.2, 0.25) is 5.91 Å². The Morgan fingerprint density at radius 3 is 2.48 bits per heavy atom. The standard InChI is InChI=1S/C26H26ClN3O3/c1-32-21-10-6-19(7-11-21)18-26(31)28-15-14-25-29-23-4-2-3-5-24(23)30(25)16-17-33-22-12-8-20(27)9-13-22/h2-13H,14-18H2,1H3,(H,28,31). The van der Waals surface area contributed by atoms with Gasteiger partial charge in [-0.25, -0.2) is 4.98 Å². The van der Waals surface area contributed by atoms with Gasteiger partial charge in [-0.15, -0.1) is 0 Å². The van der Waals surface area contributed by atoms with E-state index in [0.29, 0.717) is 37.6 Å². The van der Waals surface area contributed by atoms with E-state index in [9.17, 15) is 4.79 Å². The molecule has 3 aromatic carbocycles. The lowest BCUT2D eigenvalue weighted by molar-refractivity contribution is -0.120. The summed E-state index contributed by atoms with van der Waals surface area (Å²) in [6.07, 6.45) is 0.958. The maximum absolute atomic E-state index is 12.4. The van der Waals surface area contributed by atoms with Crippen LogP contribution in [0, 0.1) is 0 Å². The van der Waals surface area contributed by atoms with Gasteiger partial charge in [-0.1, -0.05) is 35.9 Å². The van der Waals surface area contributed by atoms with E-state index in [-0.39, 0.29) is 5.91 Å². The number of carbonyl (C=O) groups excluding carboxylic acids is 1. The monoisotopic (exact) mass is 463 g/mol. The van der Waals surface area contributed by atoms with Gasteiger partial charge >= 0.3 is 0 Å². The third kappa shape index (κ3) is 6.05. The molecule has 0 aliphatic rings. The van der Waals surface area contributed by atoms with E-state index in [2.05, 4.69) is 16.0 Å². The van der Waals surface area contributed by atoms with Crippen LogP contribution in [-0.2, 0) is 24.2 Å². The topological polar surface area (TPSA) is 65.4 Å². The summed E-state index contributed by atoms with van der Waals surface area (Å²) in [7, 11) is 1.62. The summed E-state index contributed by atoms with van der Waals surface area (Å²) in [4.78, 5) is 17.1. The number of fused-ring (bicyclic) bond motifs is 1. The molecule has 0 spiro atoms. The first kappa shape index (κ1) is 22.7. The molecule has 0 bridgehead atoms. The number of benzene rings is 3. The number of amides is 1. The summed E-state index contributed by atoms with van der Waals surface area (Å²) in [5, 5.41) is 3.68. The van der Waals surface area contributed by atoms with Crippen LogP contribution in [0.2, 0.25) is 5.02 Å². The van der Waals surface area contributed by atoms with E-state index < -0.39 is 0 Å². The quantitative estimate of drug-likeness (QED) is 0.371. The number of carbonyl (C=O) groups is 1. The average Bonchev–Trinajstić information content (AvgIpc) is 3.18. The number of para-hydroxylation sites is 2. The molecule has 0 atom stereocenters. The third-order valence-corrected chi connectivity index (χ3v) is 5.58. The van der Waals surface area contributed by atoms with Crippen molar-refractivity contribution in [2.75, 3.05) is 20.3 Å². The first-order chi connectivity index (χ1) is 16.1. The highest BCUT2D eigenvalue weighted by molar-refractivity contribution is 6.30. The van der Waals surface area contributed by atoms with Gasteiger partial charge in [0.25, 0.3) is 0 Å². The Balaban J connectivity index is 1.35. The molecule has 170 valence electrons. The molecule has 1 amide bonds. The van der Waals surface area contributed by atoms with E-state index in [1.165, 1.54) is 0 Å². The number of nitrogens with zero attached hydrogens (tertiary/aromatic N) is 2. The first-order valence-corrected chi connectivity index (χ1v) is 11.2. The van der Waals surface area contributed by atoms with Gasteiger partial charge < -0.3 is 19.4 Å². The Kier molecular flexibility index (Phi) is 7.47. The van der Waals surface area contributed by atoms with E-state index in [0.717, 1.165) is 33.9 Å². The van der Waals surface area contributed by atoms with Gasteiger partial charge in [0.05, 0.1) is 31.1 Å². The Hall–Kier alpha value is -3.51. The highest BCUT2D eigenvalue weighted by atomic mass is 35.5. The van der Waals surface area contributed by atoms with Gasteiger partial charge in [0.15, 0.2) is 0 Å². The SMILES string of the molecule is COc1ccc(CC(=O)NCCc2nc3ccccc3n2CCOc2ccc(Cl)cc2)cc1. The Morgan fingerprint density at radius 2 is 1.73 bits per heavy atom. The fraction of sp³-hybridized carbons (Fsp3) is 0.231. The molecule has 6 nitrogen and oxygen atoms in total. The predicted molar refractivity (Wildman–Crippen MR) is 130 cm³/mol. The molecular weight excluding hydrogens is 438 g/mol. The van der Waals surface area contributed by atoms with Crippen molar-refractivity contribution < 1.29 is 14.3 Å². The fourth-order valence-electron chi connectivity index (χ4n) is 3.66. The highest BCUT2D eigenvalue weighted by Crippen LogP contribution is 2.18. The van der Waals surface area contributed by atoms with Crippen molar-refractivity contribution in [1.82, 2.24) is 14.9 Å². The van der Waals surface area contributed by atoms with E-state index in [1.807, 2.05) is 66.7 Å². The van der Waals surface area contributed by atoms with Crippen molar-refractivity contribution in [3.05, 3.63) is 89.2 Å². The van der Waals surface area contributed by atoms with Crippen LogP contribution in [0.25, 0.3) is 11.0 Å². The summed E-state index contributed by atoms with van der Waals surface area (Å²) < 4.78 is 13.2. The lowest BCUT2D eigenvalue weighted by Crippen LogP contribution is -2.28. The lowest BCUT2D eigenvalue weighted by Gasteiger charge is -2.11. The van der Waals surface area contributed by atoms with Crippen LogP contribution >= 0.6 is 11.6 Å². The first-order valence-electron chi connectivity index (χ1n) is 10.8. The average molecular weight is 464 g/mol. The van der Waals surface area contributed by atoms with Crippen molar-refractivity contribution in [1.29, 1.82) is 0 Å². The third-order valence-electron chi connectivity index (χ3n) is 5.33. The number of aromatic nitrogens is 2. The van der Waals surface area contributed by atoms with E-state index in [4.69, 9.17) is 26.1 Å². The summed E-state index contributed by atoms with van der Waals surface area (Å²) >= 11 is 5.94. The van der Waals surface area contributed by atoms with Crippen LogP contribution in [0.1, 0.15) is 11.4 Å². The Morgan fingerprint density at radius 1 is 1.00 bits per heavy atom. The molecule has 4 rings (SSSR count). The van der Waals surface area contributed by atoms with Gasteiger partial charge in [0, 0.05) is 18.0 Å². The van der Waals surface area contributed by atoms with E-state index in [1.54, 1.807) is 7.11 Å². The molecule has 0 radical (unpaired) electrons. The number of hydrogen-bond acceptors (Lipinski definition) is 4. The number of methoxy groups -OCH3 is 1. The van der Waals surface area contributed by atoms with Gasteiger partial charge in [-0.3, -0.25) is 4.79 Å². The minimum atomic E-state index is -0.0195. The molecule has 4 aromatic rings. The largest absolute Gasteiger partial charge is 0.497 e. The summed E-state index contributed by atoms with van der Waals surface area (Å²) in [5.41, 5.74) is 2.93. The number of rotatable bonds is 10. The van der Waals surface area contributed by atoms with E-state index >= 15 is 0 Å². The number of imidazole rings is 1. The molecule has 7 heteroatoms. The predicted octanol–water partition coefficient (Wildman–Crippen LogP) is 4.68. The number of hydrogen-bond donors (Lipinski definition) is 1. The van der Waals surface area contributed by atoms with Crippen LogP contribution in [0.4, 0.5) is 0 Å². The van der Waals surface area contributed by atoms with Crippen molar-refractivity contribution in [3.8, 4) is 11.5 Å². The normalized spacial score (nSPS) is 10.8. The summed E-state index contributed by atoms with van der Waals surface area (Å²) in [6.45, 7) is 1.66. The highest BCUT2D eigenvalue weighted by Gasteiger charge is 2.11. The minimum Gasteiger partial charge on any atom is -0.497 e. The van der Waals surface area contributed by atoms with Crippen molar-refractivity contribution >= 4 is 28.5 Å². The Labute approximate surface area is 198 Å². The molecular formula is C26H26ClN3O3. The smallest absolute Gasteiger partial charge is 0.224 e. The van der Waals surface area contributed by atoms with Gasteiger partial charge in [0.1, 0.15) is 23.9 Å². The molecule has 1 N–H and O–H groups in total. The molecule has 0 saturated heterocycles. The number of nitrogens with one attached hydrogen (secondary N) is 1. The van der Waals surface area contributed by atoms with Crippen LogP contribution in [0.15, 0.2) is 72.8 Å². The zero-order valence-electron chi connectivity index (χ0n) is 18.5. The Bertz CT molecular complexity index is 1200. The van der Waals surface area contributed by atoms with Crippen molar-refractivity contribution in [2.45, 2.75) is 19.4 Å². The number of halogens is 1. The van der Waals surface area contributed by atoms with Gasteiger partial charge in [-0.05, 0) is 54.1 Å². The van der Waals surface area contributed by atoms with Crippen molar-refractivity contribution in [2.24, 2.45) is 0 Å². The van der Waals surface area contributed by atoms with Crippen LogP contribution in [0.5, 0.6) is 11.5 Å². The summed E-state index contributed by atoms with van der Waals surface area (Å²) in [5.74, 6) is 2.45. The maximum Gasteiger partial charge on any atom is 0.224 e. The van der Waals surface area contributed by atoms with Gasteiger partial charge in [-0.2, -0.15) is 0 Å². The zero-order valence-corrected chi connectivity index (χ0v) is 19.2. The maximum atomic E-state index is 12.4. The molecule has 0 unspecified atom stereocenters. The molecule has 0 fully saturated rings. The molecule has 0 aliphatic heterocycles. The molecule has 0 saturated carbocycles. The lowest BCUT2D eigenvalue weighted by atomic mass is 10.1. The molecule has 1 heterocycles. The summed E-state index contributed by atoms with van der Waals surface area (Å²) in [6, 6.07) is 22.9. The number of ether oxygens (including phenoxy) is 2. The van der Waals surface area contributed by atoms with Crippen LogP contribution in [0.3, 0.4) is 0 Å². The second-order valence-electron chi connectivity index (χ2n) is 7.60. The van der Waals surface area contributed by atoms with Crippen molar-refractivity contribution in [3.63, 3.8) is 0 Å². The second-order valence-corrected chi connectivity index (χ2v) is 8.03. The van der Waals surface area contributed by atoms with Crippen LogP contribution < -0.4 is 14.8 Å². The molecule has 33 heavy (non-hydrogen) atoms. The fourth-order valence-corrected chi connectivity index (χ4v) is 3.78. The zero-order chi connectivity index (χ0) is 23.0. The molecule has 1 aromatic heterocycles. The molecule has 0 aliphatic carbocycles.